The van der Waals surface area contributed by atoms with Crippen molar-refractivity contribution in [1.29, 1.82) is 0 Å². The van der Waals surface area contributed by atoms with Crippen LogP contribution in [0.4, 0.5) is 0 Å². The fourth-order valence-corrected chi connectivity index (χ4v) is 1.98. The van der Waals surface area contributed by atoms with Gasteiger partial charge < -0.3 is 5.73 Å². The van der Waals surface area contributed by atoms with Crippen LogP contribution in [-0.4, -0.2) is 9.97 Å². The summed E-state index contributed by atoms with van der Waals surface area (Å²) < 4.78 is 0. The molecule has 2 rings (SSSR count). The summed E-state index contributed by atoms with van der Waals surface area (Å²) in [4.78, 5) is 8.69. The van der Waals surface area contributed by atoms with E-state index in [9.17, 15) is 0 Å². The van der Waals surface area contributed by atoms with Gasteiger partial charge in [0, 0.05) is 18.4 Å². The van der Waals surface area contributed by atoms with E-state index in [1.165, 1.54) is 0 Å². The van der Waals surface area contributed by atoms with Crippen LogP contribution in [-0.2, 0) is 0 Å². The molecule has 0 aliphatic rings. The predicted molar refractivity (Wildman–Crippen MR) is 70.5 cm³/mol. The van der Waals surface area contributed by atoms with Crippen molar-refractivity contribution < 1.29 is 0 Å². The van der Waals surface area contributed by atoms with Gasteiger partial charge in [0.1, 0.15) is 0 Å². The molecule has 0 saturated carbocycles. The second-order valence-corrected chi connectivity index (χ2v) is 4.85. The fourth-order valence-electron chi connectivity index (χ4n) is 1.98. The zero-order chi connectivity index (χ0) is 12.3. The smallest absolute Gasteiger partial charge is 0.0934 e. The first-order valence-corrected chi connectivity index (χ1v) is 6.13. The molecule has 3 heteroatoms. The first-order chi connectivity index (χ1) is 8.18. The largest absolute Gasteiger partial charge is 0.324 e. The van der Waals surface area contributed by atoms with Crippen LogP contribution in [0.2, 0.25) is 0 Å². The van der Waals surface area contributed by atoms with Crippen LogP contribution in [0, 0.1) is 5.92 Å². The summed E-state index contributed by atoms with van der Waals surface area (Å²) in [7, 11) is 0. The Morgan fingerprint density at radius 2 is 1.88 bits per heavy atom. The van der Waals surface area contributed by atoms with Gasteiger partial charge in [-0.25, -0.2) is 0 Å². The highest BCUT2D eigenvalue weighted by Crippen LogP contribution is 2.23. The third kappa shape index (κ3) is 2.80. The quantitative estimate of drug-likeness (QED) is 0.876. The number of nitrogens with two attached hydrogens (primary N) is 1. The van der Waals surface area contributed by atoms with E-state index < -0.39 is 0 Å². The average Bonchev–Trinajstić information content (AvgIpc) is 2.35. The molecule has 0 spiro atoms. The number of aromatic nitrogens is 2. The number of nitrogens with zero attached hydrogens (tertiary/aromatic N) is 2. The maximum Gasteiger partial charge on any atom is 0.0934 e. The molecule has 0 aliphatic carbocycles. The van der Waals surface area contributed by atoms with Crippen molar-refractivity contribution in [3.8, 4) is 0 Å². The van der Waals surface area contributed by atoms with E-state index in [1.54, 1.807) is 12.4 Å². The summed E-state index contributed by atoms with van der Waals surface area (Å²) in [5.41, 5.74) is 9.21. The highest BCUT2D eigenvalue weighted by Gasteiger charge is 2.11. The number of hydrogen-bond acceptors (Lipinski definition) is 3. The van der Waals surface area contributed by atoms with Crippen LogP contribution in [0.5, 0.6) is 0 Å². The first-order valence-electron chi connectivity index (χ1n) is 6.13. The minimum absolute atomic E-state index is 0.0535. The van der Waals surface area contributed by atoms with Crippen LogP contribution in [0.15, 0.2) is 30.6 Å². The Morgan fingerprint density at radius 1 is 1.12 bits per heavy atom. The third-order valence-corrected chi connectivity index (χ3v) is 2.98. The summed E-state index contributed by atoms with van der Waals surface area (Å²) in [5.74, 6) is 0.683. The van der Waals surface area contributed by atoms with Crippen molar-refractivity contribution in [3.63, 3.8) is 0 Å². The molecule has 3 nitrogen and oxygen atoms in total. The lowest BCUT2D eigenvalue weighted by Gasteiger charge is -2.14. The van der Waals surface area contributed by atoms with Crippen LogP contribution in [0.3, 0.4) is 0 Å². The molecule has 1 aromatic carbocycles. The van der Waals surface area contributed by atoms with Crippen molar-refractivity contribution in [2.24, 2.45) is 11.7 Å². The SMILES string of the molecule is CC(C)CCC(N)c1cccc2nccnc12. The van der Waals surface area contributed by atoms with Crippen LogP contribution in [0.1, 0.15) is 38.3 Å². The molecule has 2 aromatic rings. The summed E-state index contributed by atoms with van der Waals surface area (Å²) >= 11 is 0. The molecule has 0 aliphatic heterocycles. The molecule has 17 heavy (non-hydrogen) atoms. The maximum absolute atomic E-state index is 6.24. The average molecular weight is 229 g/mol. The van der Waals surface area contributed by atoms with Gasteiger partial charge in [0.05, 0.1) is 11.0 Å². The molecule has 1 unspecified atom stereocenters. The second kappa shape index (κ2) is 5.23. The van der Waals surface area contributed by atoms with Gasteiger partial charge in [-0.3, -0.25) is 9.97 Å². The number of para-hydroxylation sites is 1. The lowest BCUT2D eigenvalue weighted by Crippen LogP contribution is -2.12. The zero-order valence-electron chi connectivity index (χ0n) is 10.4. The molecule has 0 saturated heterocycles. The van der Waals surface area contributed by atoms with E-state index in [1.807, 2.05) is 12.1 Å². The van der Waals surface area contributed by atoms with E-state index in [4.69, 9.17) is 5.73 Å². The maximum atomic E-state index is 6.24. The van der Waals surface area contributed by atoms with E-state index in [2.05, 4.69) is 29.9 Å². The number of fused-ring (bicyclic) bond motifs is 1. The number of hydrogen-bond donors (Lipinski definition) is 1. The van der Waals surface area contributed by atoms with Gasteiger partial charge in [0.25, 0.3) is 0 Å². The highest BCUT2D eigenvalue weighted by molar-refractivity contribution is 5.77. The molecule has 1 heterocycles. The van der Waals surface area contributed by atoms with E-state index in [0.29, 0.717) is 5.92 Å². The minimum Gasteiger partial charge on any atom is -0.324 e. The Bertz CT molecular complexity index is 488. The molecule has 2 N–H and O–H groups in total. The Labute approximate surface area is 102 Å². The van der Waals surface area contributed by atoms with Gasteiger partial charge in [0.15, 0.2) is 0 Å². The van der Waals surface area contributed by atoms with Gasteiger partial charge in [-0.1, -0.05) is 26.0 Å². The summed E-state index contributed by atoms with van der Waals surface area (Å²) in [6.45, 7) is 4.44. The standard InChI is InChI=1S/C14H19N3/c1-10(2)6-7-12(15)11-4-3-5-13-14(11)17-9-8-16-13/h3-5,8-10,12H,6-7,15H2,1-2H3. The van der Waals surface area contributed by atoms with Crippen molar-refractivity contribution in [2.75, 3.05) is 0 Å². The Kier molecular flexibility index (Phi) is 3.69. The number of rotatable bonds is 4. The van der Waals surface area contributed by atoms with Crippen molar-refractivity contribution >= 4 is 11.0 Å². The van der Waals surface area contributed by atoms with Gasteiger partial charge in [-0.2, -0.15) is 0 Å². The Hall–Kier alpha value is -1.48. The highest BCUT2D eigenvalue weighted by atomic mass is 14.8. The van der Waals surface area contributed by atoms with Crippen molar-refractivity contribution in [1.82, 2.24) is 9.97 Å². The van der Waals surface area contributed by atoms with E-state index in [-0.39, 0.29) is 6.04 Å². The minimum atomic E-state index is 0.0535. The normalized spacial score (nSPS) is 13.2. The lowest BCUT2D eigenvalue weighted by atomic mass is 9.97. The number of benzene rings is 1. The first kappa shape index (κ1) is 12.0. The molecule has 90 valence electrons. The molecule has 0 bridgehead atoms. The van der Waals surface area contributed by atoms with Gasteiger partial charge >= 0.3 is 0 Å². The summed E-state index contributed by atoms with van der Waals surface area (Å²) in [5, 5.41) is 0. The van der Waals surface area contributed by atoms with Crippen molar-refractivity contribution in [3.05, 3.63) is 36.2 Å². The topological polar surface area (TPSA) is 51.8 Å². The second-order valence-electron chi connectivity index (χ2n) is 4.85. The lowest BCUT2D eigenvalue weighted by molar-refractivity contribution is 0.508. The van der Waals surface area contributed by atoms with Crippen LogP contribution in [0.25, 0.3) is 11.0 Å². The molecule has 0 fully saturated rings. The zero-order valence-corrected chi connectivity index (χ0v) is 10.4. The Morgan fingerprint density at radius 3 is 2.65 bits per heavy atom. The van der Waals surface area contributed by atoms with Gasteiger partial charge in [0.2, 0.25) is 0 Å². The van der Waals surface area contributed by atoms with Gasteiger partial charge in [-0.05, 0) is 30.4 Å². The van der Waals surface area contributed by atoms with Crippen LogP contribution >= 0.6 is 0 Å². The fraction of sp³-hybridized carbons (Fsp3) is 0.429. The van der Waals surface area contributed by atoms with Crippen molar-refractivity contribution in [2.45, 2.75) is 32.7 Å². The molecular formula is C14H19N3. The third-order valence-electron chi connectivity index (χ3n) is 2.98. The Balaban J connectivity index is 2.28. The molecule has 0 radical (unpaired) electrons. The van der Waals surface area contributed by atoms with E-state index >= 15 is 0 Å². The summed E-state index contributed by atoms with van der Waals surface area (Å²) in [6.07, 6.45) is 5.57. The van der Waals surface area contributed by atoms with Gasteiger partial charge in [-0.15, -0.1) is 0 Å². The monoisotopic (exact) mass is 229 g/mol. The van der Waals surface area contributed by atoms with E-state index in [0.717, 1.165) is 29.4 Å². The molecule has 1 aromatic heterocycles. The molecule has 0 amide bonds. The molecular weight excluding hydrogens is 210 g/mol. The molecule has 1 atom stereocenters. The van der Waals surface area contributed by atoms with Crippen LogP contribution < -0.4 is 5.73 Å². The summed E-state index contributed by atoms with van der Waals surface area (Å²) in [6, 6.07) is 6.09. The predicted octanol–water partition coefficient (Wildman–Crippen LogP) is 3.07.